The first-order valence-electron chi connectivity index (χ1n) is 7.11. The van der Waals surface area contributed by atoms with Crippen LogP contribution in [0.2, 0.25) is 0 Å². The van der Waals surface area contributed by atoms with Crippen LogP contribution in [-0.4, -0.2) is 34.7 Å². The molecule has 0 bridgehead atoms. The van der Waals surface area contributed by atoms with Gasteiger partial charge in [0.05, 0.1) is 5.60 Å². The molecule has 5 heteroatoms. The van der Waals surface area contributed by atoms with E-state index in [2.05, 4.69) is 22.5 Å². The lowest BCUT2D eigenvalue weighted by molar-refractivity contribution is 0.0176. The van der Waals surface area contributed by atoms with Gasteiger partial charge in [0.25, 0.3) is 5.91 Å². The Labute approximate surface area is 120 Å². The molecule has 1 aromatic rings. The molecule has 1 rings (SSSR count). The van der Waals surface area contributed by atoms with Crippen molar-refractivity contribution in [2.24, 2.45) is 5.92 Å². The van der Waals surface area contributed by atoms with E-state index in [0.29, 0.717) is 18.8 Å². The predicted octanol–water partition coefficient (Wildman–Crippen LogP) is 2.04. The van der Waals surface area contributed by atoms with E-state index in [1.807, 2.05) is 20.8 Å². The maximum Gasteiger partial charge on any atom is 0.269 e. The molecule has 0 aliphatic rings. The van der Waals surface area contributed by atoms with Crippen LogP contribution in [0.3, 0.4) is 0 Å². The van der Waals surface area contributed by atoms with Crippen molar-refractivity contribution in [3.63, 3.8) is 0 Å². The van der Waals surface area contributed by atoms with Gasteiger partial charge in [0.15, 0.2) is 0 Å². The fourth-order valence-corrected chi connectivity index (χ4v) is 1.81. The number of aliphatic hydroxyl groups is 1. The number of carbonyl (C=O) groups excluding carboxylic acids is 1. The first-order chi connectivity index (χ1) is 9.40. The summed E-state index contributed by atoms with van der Waals surface area (Å²) in [5.41, 5.74) is 0.369. The summed E-state index contributed by atoms with van der Waals surface area (Å²) >= 11 is 0. The Hall–Kier alpha value is -1.62. The van der Waals surface area contributed by atoms with Crippen molar-refractivity contribution < 1.29 is 9.90 Å². The van der Waals surface area contributed by atoms with Crippen molar-refractivity contribution in [2.45, 2.75) is 39.7 Å². The van der Waals surface area contributed by atoms with Crippen LogP contribution >= 0.6 is 0 Å². The Morgan fingerprint density at radius 1 is 1.50 bits per heavy atom. The van der Waals surface area contributed by atoms with Gasteiger partial charge in [0, 0.05) is 25.0 Å². The Morgan fingerprint density at radius 3 is 2.80 bits per heavy atom. The highest BCUT2D eigenvalue weighted by molar-refractivity contribution is 5.93. The second-order valence-electron chi connectivity index (χ2n) is 5.31. The Balaban J connectivity index is 2.69. The van der Waals surface area contributed by atoms with E-state index >= 15 is 0 Å². The van der Waals surface area contributed by atoms with Crippen molar-refractivity contribution in [1.29, 1.82) is 0 Å². The molecule has 3 N–H and O–H groups in total. The van der Waals surface area contributed by atoms with Crippen LogP contribution < -0.4 is 10.6 Å². The highest BCUT2D eigenvalue weighted by Gasteiger charge is 2.26. The van der Waals surface area contributed by atoms with Gasteiger partial charge in [-0.2, -0.15) is 0 Å². The molecule has 112 valence electrons. The van der Waals surface area contributed by atoms with Crippen LogP contribution in [0.25, 0.3) is 0 Å². The van der Waals surface area contributed by atoms with Gasteiger partial charge in [0.1, 0.15) is 5.69 Å². The molecule has 0 aliphatic heterocycles. The van der Waals surface area contributed by atoms with E-state index in [1.54, 1.807) is 18.3 Å². The standard InChI is InChI=1S/C15H25N3O2/c1-5-11(3)15(4,20)10-18-12-7-8-17-13(9-12)14(19)16-6-2/h7-9,11,20H,5-6,10H2,1-4H3,(H,16,19)(H,17,18)/t11-,15-/m0/s1. The highest BCUT2D eigenvalue weighted by atomic mass is 16.3. The molecular weight excluding hydrogens is 254 g/mol. The first kappa shape index (κ1) is 16.4. The number of hydrogen-bond acceptors (Lipinski definition) is 4. The number of nitrogens with zero attached hydrogens (tertiary/aromatic N) is 1. The second kappa shape index (κ2) is 7.24. The number of amides is 1. The summed E-state index contributed by atoms with van der Waals surface area (Å²) < 4.78 is 0. The summed E-state index contributed by atoms with van der Waals surface area (Å²) in [7, 11) is 0. The fourth-order valence-electron chi connectivity index (χ4n) is 1.81. The summed E-state index contributed by atoms with van der Waals surface area (Å²) in [6.07, 6.45) is 2.50. The average Bonchev–Trinajstić information content (AvgIpc) is 2.45. The number of rotatable bonds is 7. The van der Waals surface area contributed by atoms with Crippen LogP contribution in [0.15, 0.2) is 18.3 Å². The molecule has 0 unspecified atom stereocenters. The van der Waals surface area contributed by atoms with E-state index in [0.717, 1.165) is 12.1 Å². The van der Waals surface area contributed by atoms with Crippen molar-refractivity contribution in [3.8, 4) is 0 Å². The number of anilines is 1. The van der Waals surface area contributed by atoms with Crippen LogP contribution in [0.5, 0.6) is 0 Å². The van der Waals surface area contributed by atoms with Gasteiger partial charge >= 0.3 is 0 Å². The summed E-state index contributed by atoms with van der Waals surface area (Å²) in [6, 6.07) is 3.48. The minimum Gasteiger partial charge on any atom is -0.388 e. The van der Waals surface area contributed by atoms with E-state index in [-0.39, 0.29) is 11.8 Å². The van der Waals surface area contributed by atoms with E-state index < -0.39 is 5.60 Å². The first-order valence-corrected chi connectivity index (χ1v) is 7.11. The van der Waals surface area contributed by atoms with E-state index in [4.69, 9.17) is 0 Å². The lowest BCUT2D eigenvalue weighted by Crippen LogP contribution is -2.39. The van der Waals surface area contributed by atoms with Crippen LogP contribution in [-0.2, 0) is 0 Å². The summed E-state index contributed by atoms with van der Waals surface area (Å²) in [6.45, 7) is 8.76. The van der Waals surface area contributed by atoms with Crippen molar-refractivity contribution in [2.75, 3.05) is 18.4 Å². The monoisotopic (exact) mass is 279 g/mol. The average molecular weight is 279 g/mol. The van der Waals surface area contributed by atoms with Crippen LogP contribution in [0.1, 0.15) is 44.6 Å². The highest BCUT2D eigenvalue weighted by Crippen LogP contribution is 2.20. The topological polar surface area (TPSA) is 74.2 Å². The normalized spacial score (nSPS) is 15.2. The number of hydrogen-bond donors (Lipinski definition) is 3. The molecule has 0 aromatic carbocycles. The molecule has 0 spiro atoms. The third-order valence-electron chi connectivity index (χ3n) is 3.65. The summed E-state index contributed by atoms with van der Waals surface area (Å²) in [4.78, 5) is 15.7. The molecule has 0 radical (unpaired) electrons. The van der Waals surface area contributed by atoms with Crippen molar-refractivity contribution in [3.05, 3.63) is 24.0 Å². The van der Waals surface area contributed by atoms with E-state index in [1.165, 1.54) is 0 Å². The molecule has 0 aliphatic carbocycles. The summed E-state index contributed by atoms with van der Waals surface area (Å²) in [5, 5.41) is 16.2. The minimum atomic E-state index is -0.788. The van der Waals surface area contributed by atoms with Gasteiger partial charge in [-0.25, -0.2) is 0 Å². The predicted molar refractivity (Wildman–Crippen MR) is 80.8 cm³/mol. The van der Waals surface area contributed by atoms with Crippen molar-refractivity contribution >= 4 is 11.6 Å². The largest absolute Gasteiger partial charge is 0.388 e. The number of nitrogens with one attached hydrogen (secondary N) is 2. The van der Waals surface area contributed by atoms with Gasteiger partial charge in [-0.3, -0.25) is 9.78 Å². The Morgan fingerprint density at radius 2 is 2.20 bits per heavy atom. The molecular formula is C15H25N3O2. The second-order valence-corrected chi connectivity index (χ2v) is 5.31. The maximum absolute atomic E-state index is 11.7. The van der Waals surface area contributed by atoms with Gasteiger partial charge in [-0.05, 0) is 31.9 Å². The molecule has 1 amide bonds. The molecule has 1 heterocycles. The van der Waals surface area contributed by atoms with Gasteiger partial charge < -0.3 is 15.7 Å². The SMILES string of the molecule is CCNC(=O)c1cc(NC[C@](C)(O)[C@@H](C)CC)ccn1. The van der Waals surface area contributed by atoms with Gasteiger partial charge in [0.2, 0.25) is 0 Å². The van der Waals surface area contributed by atoms with E-state index in [9.17, 15) is 9.90 Å². The van der Waals surface area contributed by atoms with Crippen molar-refractivity contribution in [1.82, 2.24) is 10.3 Å². The van der Waals surface area contributed by atoms with Crippen LogP contribution in [0, 0.1) is 5.92 Å². The lowest BCUT2D eigenvalue weighted by Gasteiger charge is -2.30. The molecule has 2 atom stereocenters. The molecule has 20 heavy (non-hydrogen) atoms. The molecule has 5 nitrogen and oxygen atoms in total. The summed E-state index contributed by atoms with van der Waals surface area (Å²) in [5.74, 6) is 0.00420. The van der Waals surface area contributed by atoms with Gasteiger partial charge in [-0.15, -0.1) is 0 Å². The molecule has 1 aromatic heterocycles. The number of aromatic nitrogens is 1. The molecule has 0 saturated carbocycles. The lowest BCUT2D eigenvalue weighted by atomic mass is 9.88. The molecule has 0 saturated heterocycles. The third kappa shape index (κ3) is 4.49. The Kier molecular flexibility index (Phi) is 5.95. The number of pyridine rings is 1. The number of carbonyl (C=O) groups is 1. The van der Waals surface area contributed by atoms with Gasteiger partial charge in [-0.1, -0.05) is 20.3 Å². The quantitative estimate of drug-likeness (QED) is 0.714. The third-order valence-corrected chi connectivity index (χ3v) is 3.65. The maximum atomic E-state index is 11.7. The molecule has 0 fully saturated rings. The fraction of sp³-hybridized carbons (Fsp3) is 0.600. The Bertz CT molecular complexity index is 446. The zero-order chi connectivity index (χ0) is 15.2. The van der Waals surface area contributed by atoms with Crippen LogP contribution in [0.4, 0.5) is 5.69 Å². The zero-order valence-corrected chi connectivity index (χ0v) is 12.7. The minimum absolute atomic E-state index is 0.190. The smallest absolute Gasteiger partial charge is 0.269 e. The zero-order valence-electron chi connectivity index (χ0n) is 12.7.